The Kier molecular flexibility index (Phi) is 5.73. The van der Waals surface area contributed by atoms with Crippen LogP contribution in [0.25, 0.3) is 11.1 Å². The number of methoxy groups -OCH3 is 1. The first-order valence-electron chi connectivity index (χ1n) is 7.18. The Morgan fingerprint density at radius 3 is 2.68 bits per heavy atom. The number of thioether (sulfide) groups is 1. The molecule has 0 radical (unpaired) electrons. The highest BCUT2D eigenvalue weighted by molar-refractivity contribution is 7.99. The van der Waals surface area contributed by atoms with Crippen LogP contribution in [0.15, 0.2) is 39.1 Å². The summed E-state index contributed by atoms with van der Waals surface area (Å²) in [5.41, 5.74) is -0.245. The largest absolute Gasteiger partial charge is 0.467 e. The van der Waals surface area contributed by atoms with Crippen molar-refractivity contribution in [1.29, 1.82) is 0 Å². The second kappa shape index (κ2) is 7.44. The van der Waals surface area contributed by atoms with E-state index in [1.165, 1.54) is 13.8 Å². The molecule has 0 saturated heterocycles. The molecule has 2 rings (SSSR count). The van der Waals surface area contributed by atoms with Gasteiger partial charge in [0.2, 0.25) is 10.8 Å². The van der Waals surface area contributed by atoms with Crippen molar-refractivity contribution in [3.63, 3.8) is 0 Å². The number of nitrogens with zero attached hydrogens (tertiary/aromatic N) is 2. The summed E-state index contributed by atoms with van der Waals surface area (Å²) in [5, 5.41) is 5.60. The number of oxazole rings is 1. The maximum absolute atomic E-state index is 12.2. The Hall–Kier alpha value is -2.07. The number of fused-ring (bicyclic) bond motifs is 1. The molecule has 1 amide bonds. The van der Waals surface area contributed by atoms with Crippen molar-refractivity contribution in [1.82, 2.24) is 10.3 Å². The number of ether oxygens (including phenoxy) is 1. The van der Waals surface area contributed by atoms with E-state index in [1.807, 2.05) is 12.1 Å². The van der Waals surface area contributed by atoms with Crippen molar-refractivity contribution in [3.05, 3.63) is 29.2 Å². The minimum atomic E-state index is -1.90. The van der Waals surface area contributed by atoms with Crippen LogP contribution in [0.2, 0.25) is 0 Å². The van der Waals surface area contributed by atoms with Gasteiger partial charge in [0, 0.05) is 0 Å². The van der Waals surface area contributed by atoms with Gasteiger partial charge in [-0.3, -0.25) is 4.79 Å². The van der Waals surface area contributed by atoms with E-state index in [1.54, 1.807) is 12.1 Å². The average molecular weight is 383 g/mol. The van der Waals surface area contributed by atoms with Crippen molar-refractivity contribution in [2.24, 2.45) is 5.18 Å². The summed E-state index contributed by atoms with van der Waals surface area (Å²) in [6, 6.07) is 7.19. The molecule has 1 unspecified atom stereocenters. The predicted octanol–water partition coefficient (Wildman–Crippen LogP) is 2.38. The summed E-state index contributed by atoms with van der Waals surface area (Å²) in [5.74, 6) is -1.54. The lowest BCUT2D eigenvalue weighted by Crippen LogP contribution is -2.62. The highest BCUT2D eigenvalue weighted by atomic mass is 32.2. The van der Waals surface area contributed by atoms with E-state index in [-0.39, 0.29) is 5.75 Å². The van der Waals surface area contributed by atoms with E-state index >= 15 is 0 Å². The normalized spacial score (nSPS) is 13.9. The molecule has 0 spiro atoms. The highest BCUT2D eigenvalue weighted by Crippen LogP contribution is 2.31. The van der Waals surface area contributed by atoms with Crippen molar-refractivity contribution in [2.45, 2.75) is 29.5 Å². The molecular weight excluding hydrogens is 366 g/mol. The smallest absolute Gasteiger partial charge is 0.344 e. The number of hydrogen-bond acceptors (Lipinski definition) is 9. The van der Waals surface area contributed by atoms with Gasteiger partial charge in [-0.1, -0.05) is 29.1 Å². The number of amides is 1. The number of aromatic nitrogens is 1. The quantitative estimate of drug-likeness (QED) is 0.248. The van der Waals surface area contributed by atoms with E-state index in [0.717, 1.165) is 18.9 Å². The third-order valence-electron chi connectivity index (χ3n) is 3.52. The number of carbonyl (C=O) groups excluding carboxylic acids is 2. The first-order chi connectivity index (χ1) is 11.7. The number of hydrogen-bond donors (Lipinski definition) is 2. The molecule has 0 saturated carbocycles. The molecule has 2 aromatic rings. The minimum Gasteiger partial charge on any atom is -0.467 e. The fourth-order valence-corrected chi connectivity index (χ4v) is 2.84. The molecule has 8 nitrogen and oxygen atoms in total. The Balaban J connectivity index is 2.08. The second-order valence-corrected chi connectivity index (χ2v) is 7.23. The number of carbonyl (C=O) groups is 2. The lowest BCUT2D eigenvalue weighted by molar-refractivity contribution is -0.148. The third kappa shape index (κ3) is 3.96. The number of para-hydroxylation sites is 2. The van der Waals surface area contributed by atoms with Crippen molar-refractivity contribution >= 4 is 47.4 Å². The van der Waals surface area contributed by atoms with Crippen molar-refractivity contribution in [2.75, 3.05) is 12.9 Å². The van der Waals surface area contributed by atoms with Gasteiger partial charge >= 0.3 is 5.97 Å². The molecule has 1 aromatic heterocycles. The zero-order valence-electron chi connectivity index (χ0n) is 13.8. The van der Waals surface area contributed by atoms with E-state index in [4.69, 9.17) is 4.42 Å². The molecule has 0 bridgehead atoms. The third-order valence-corrected chi connectivity index (χ3v) is 5.19. The van der Waals surface area contributed by atoms with Gasteiger partial charge in [0.05, 0.1) is 12.9 Å². The molecule has 0 aliphatic heterocycles. The topological polar surface area (TPSA) is 111 Å². The van der Waals surface area contributed by atoms with Gasteiger partial charge in [0.25, 0.3) is 5.22 Å². The van der Waals surface area contributed by atoms with E-state index in [9.17, 15) is 14.5 Å². The number of nitrogens with one attached hydrogen (secondary N) is 1. The summed E-state index contributed by atoms with van der Waals surface area (Å²) in [6.45, 7) is 2.75. The number of benzene rings is 1. The van der Waals surface area contributed by atoms with Crippen LogP contribution < -0.4 is 5.32 Å². The molecule has 0 aliphatic carbocycles. The van der Waals surface area contributed by atoms with Crippen LogP contribution in [-0.4, -0.2) is 40.1 Å². The Bertz CT molecular complexity index is 774. The fourth-order valence-electron chi connectivity index (χ4n) is 1.95. The summed E-state index contributed by atoms with van der Waals surface area (Å²) in [4.78, 5) is 37.6. The molecule has 1 N–H and O–H groups in total. The second-order valence-electron chi connectivity index (χ2n) is 5.64. The number of thiol groups is 1. The van der Waals surface area contributed by atoms with Crippen LogP contribution in [0.3, 0.4) is 0 Å². The monoisotopic (exact) mass is 383 g/mol. The molecule has 0 fully saturated rings. The molecule has 1 atom stereocenters. The number of rotatable bonds is 7. The van der Waals surface area contributed by atoms with Crippen LogP contribution in [0, 0.1) is 4.91 Å². The van der Waals surface area contributed by atoms with Gasteiger partial charge in [-0.25, -0.2) is 9.78 Å². The summed E-state index contributed by atoms with van der Waals surface area (Å²) >= 11 is 5.21. The van der Waals surface area contributed by atoms with E-state index in [2.05, 4.69) is 32.8 Å². The lowest BCUT2D eigenvalue weighted by atomic mass is 9.94. The standard InChI is InChI=1S/C15H17N3O5S2/c1-14(2,18-21)15(24,12(20)22-3)17-11(19)8-25-13-16-9-6-4-5-7-10(9)23-13/h4-7,24H,8H2,1-3H3,(H,17,19). The van der Waals surface area contributed by atoms with Gasteiger partial charge in [0.15, 0.2) is 5.58 Å². The maximum Gasteiger partial charge on any atom is 0.344 e. The van der Waals surface area contributed by atoms with Gasteiger partial charge < -0.3 is 14.5 Å². The first-order valence-corrected chi connectivity index (χ1v) is 8.61. The average Bonchev–Trinajstić information content (AvgIpc) is 3.01. The molecule has 25 heavy (non-hydrogen) atoms. The summed E-state index contributed by atoms with van der Waals surface area (Å²) < 4.78 is 10.1. The van der Waals surface area contributed by atoms with E-state index < -0.39 is 22.3 Å². The molecule has 10 heteroatoms. The van der Waals surface area contributed by atoms with Crippen LogP contribution in [-0.2, 0) is 14.3 Å². The Morgan fingerprint density at radius 1 is 1.40 bits per heavy atom. The van der Waals surface area contributed by atoms with Gasteiger partial charge in [-0.05, 0) is 26.0 Å². The summed E-state index contributed by atoms with van der Waals surface area (Å²) in [7, 11) is 1.13. The molecular formula is C15H17N3O5S2. The molecule has 1 aromatic carbocycles. The van der Waals surface area contributed by atoms with Crippen LogP contribution in [0.5, 0.6) is 0 Å². The molecule has 134 valence electrons. The molecule has 0 aliphatic rings. The predicted molar refractivity (Wildman–Crippen MR) is 96.5 cm³/mol. The van der Waals surface area contributed by atoms with Crippen molar-refractivity contribution in [3.8, 4) is 0 Å². The zero-order chi connectivity index (χ0) is 18.7. The van der Waals surface area contributed by atoms with Gasteiger partial charge in [0.1, 0.15) is 11.1 Å². The Morgan fingerprint density at radius 2 is 2.08 bits per heavy atom. The first kappa shape index (κ1) is 19.3. The fraction of sp³-hybridized carbons (Fsp3) is 0.400. The van der Waals surface area contributed by atoms with Crippen LogP contribution in [0.4, 0.5) is 0 Å². The Labute approximate surface area is 153 Å². The lowest BCUT2D eigenvalue weighted by Gasteiger charge is -2.35. The minimum absolute atomic E-state index is 0.0962. The van der Waals surface area contributed by atoms with Gasteiger partial charge in [-0.15, -0.1) is 12.6 Å². The highest BCUT2D eigenvalue weighted by Gasteiger charge is 2.52. The molecule has 1 heterocycles. The van der Waals surface area contributed by atoms with Crippen molar-refractivity contribution < 1.29 is 18.7 Å². The maximum atomic E-state index is 12.2. The number of nitroso groups, excluding NO2 is 1. The van der Waals surface area contributed by atoms with Crippen LogP contribution in [0.1, 0.15) is 13.8 Å². The number of esters is 1. The van der Waals surface area contributed by atoms with Gasteiger partial charge in [-0.2, -0.15) is 4.91 Å². The zero-order valence-corrected chi connectivity index (χ0v) is 15.5. The van der Waals surface area contributed by atoms with E-state index in [0.29, 0.717) is 16.3 Å². The summed E-state index contributed by atoms with van der Waals surface area (Å²) in [6.07, 6.45) is 0. The SMILES string of the molecule is COC(=O)C(S)(NC(=O)CSc1nc2ccccc2o1)C(C)(C)N=O. The van der Waals surface area contributed by atoms with Crippen LogP contribution >= 0.6 is 24.4 Å².